The maximum Gasteiger partial charge on any atom is 0.334 e. The monoisotopic (exact) mass is 297 g/mol. The van der Waals surface area contributed by atoms with E-state index in [1.165, 1.54) is 7.11 Å². The molecule has 9 nitrogen and oxygen atoms in total. The minimum absolute atomic E-state index is 0.0775. The Labute approximate surface area is 111 Å². The number of ether oxygens (including phenoxy) is 1. The number of hydrogen-bond donors (Lipinski definition) is 4. The summed E-state index contributed by atoms with van der Waals surface area (Å²) in [5, 5.41) is 13.2. The first-order chi connectivity index (χ1) is 8.82. The van der Waals surface area contributed by atoms with Crippen LogP contribution in [0, 0.1) is 0 Å². The second-order valence-corrected chi connectivity index (χ2v) is 5.44. The highest BCUT2D eigenvalue weighted by molar-refractivity contribution is 7.89. The summed E-state index contributed by atoms with van der Waals surface area (Å²) >= 11 is 0. The lowest BCUT2D eigenvalue weighted by Gasteiger charge is -2.12. The number of sulfonamides is 1. The number of rotatable bonds is 9. The Bertz CT molecular complexity index is 397. The maximum atomic E-state index is 11.2. The van der Waals surface area contributed by atoms with Crippen molar-refractivity contribution < 1.29 is 27.9 Å². The molecular formula is C9H19N3O6S. The Morgan fingerprint density at radius 2 is 1.95 bits per heavy atom. The molecule has 0 aliphatic carbocycles. The second-order valence-electron chi connectivity index (χ2n) is 3.52. The van der Waals surface area contributed by atoms with Gasteiger partial charge in [0.1, 0.15) is 0 Å². The number of carboxylic acids is 1. The minimum Gasteiger partial charge on any atom is -0.479 e. The van der Waals surface area contributed by atoms with Crippen molar-refractivity contribution in [2.75, 3.05) is 32.5 Å². The van der Waals surface area contributed by atoms with Crippen LogP contribution < -0.4 is 15.4 Å². The molecule has 0 spiro atoms. The molecule has 0 heterocycles. The van der Waals surface area contributed by atoms with Crippen molar-refractivity contribution >= 4 is 22.0 Å². The fraction of sp³-hybridized carbons (Fsp3) is 0.778. The Balaban J connectivity index is 3.91. The van der Waals surface area contributed by atoms with Crippen molar-refractivity contribution in [2.45, 2.75) is 13.0 Å². The normalized spacial score (nSPS) is 12.7. The molecule has 0 rings (SSSR count). The molecule has 4 N–H and O–H groups in total. The van der Waals surface area contributed by atoms with Gasteiger partial charge in [0.15, 0.2) is 6.10 Å². The molecule has 0 bridgehead atoms. The second kappa shape index (κ2) is 8.67. The SMILES string of the molecule is CCNS(=O)(=O)CCNC(=O)NCC(OC)C(=O)O. The number of methoxy groups -OCH3 is 1. The number of carbonyl (C=O) groups is 2. The highest BCUT2D eigenvalue weighted by atomic mass is 32.2. The lowest BCUT2D eigenvalue weighted by molar-refractivity contribution is -0.147. The molecule has 0 aliphatic heterocycles. The van der Waals surface area contributed by atoms with Gasteiger partial charge in [0, 0.05) is 20.2 Å². The highest BCUT2D eigenvalue weighted by Gasteiger charge is 2.17. The van der Waals surface area contributed by atoms with Gasteiger partial charge in [-0.25, -0.2) is 22.7 Å². The number of nitrogens with one attached hydrogen (secondary N) is 3. The van der Waals surface area contributed by atoms with Crippen LogP contribution in [0.15, 0.2) is 0 Å². The van der Waals surface area contributed by atoms with E-state index in [9.17, 15) is 18.0 Å². The molecule has 0 aromatic carbocycles. The van der Waals surface area contributed by atoms with Gasteiger partial charge in [0.2, 0.25) is 10.0 Å². The number of carbonyl (C=O) groups excluding carboxylic acids is 1. The third-order valence-corrected chi connectivity index (χ3v) is 3.50. The van der Waals surface area contributed by atoms with Crippen molar-refractivity contribution in [1.29, 1.82) is 0 Å². The lowest BCUT2D eigenvalue weighted by Crippen LogP contribution is -2.44. The Morgan fingerprint density at radius 3 is 2.42 bits per heavy atom. The van der Waals surface area contributed by atoms with Crippen LogP contribution in [0.5, 0.6) is 0 Å². The van der Waals surface area contributed by atoms with Crippen molar-refractivity contribution in [2.24, 2.45) is 0 Å². The summed E-state index contributed by atoms with van der Waals surface area (Å²) < 4.78 is 29.3. The highest BCUT2D eigenvalue weighted by Crippen LogP contribution is 1.87. The van der Waals surface area contributed by atoms with Crippen LogP contribution in [0.25, 0.3) is 0 Å². The standard InChI is InChI=1S/C9H19N3O6S/c1-3-12-19(16,17)5-4-10-9(15)11-6-7(18-2)8(13)14/h7,12H,3-6H2,1-2H3,(H,13,14)(H2,10,11,15). The maximum absolute atomic E-state index is 11.2. The fourth-order valence-corrected chi connectivity index (χ4v) is 2.07. The topological polar surface area (TPSA) is 134 Å². The van der Waals surface area contributed by atoms with E-state index in [4.69, 9.17) is 5.11 Å². The van der Waals surface area contributed by atoms with E-state index in [-0.39, 0.29) is 25.4 Å². The van der Waals surface area contributed by atoms with Gasteiger partial charge in [-0.1, -0.05) is 6.92 Å². The third-order valence-electron chi connectivity index (χ3n) is 2.03. The number of aliphatic carboxylic acids is 1. The molecule has 0 saturated carbocycles. The van der Waals surface area contributed by atoms with Gasteiger partial charge in [-0.15, -0.1) is 0 Å². The van der Waals surface area contributed by atoms with Crippen LogP contribution in [0.3, 0.4) is 0 Å². The molecule has 0 fully saturated rings. The van der Waals surface area contributed by atoms with E-state index in [2.05, 4.69) is 20.1 Å². The van der Waals surface area contributed by atoms with Gasteiger partial charge < -0.3 is 20.5 Å². The summed E-state index contributed by atoms with van der Waals surface area (Å²) in [5.41, 5.74) is 0. The summed E-state index contributed by atoms with van der Waals surface area (Å²) in [4.78, 5) is 21.8. The van der Waals surface area contributed by atoms with E-state index in [1.807, 2.05) is 0 Å². The van der Waals surface area contributed by atoms with Crippen LogP contribution in [-0.2, 0) is 19.6 Å². The van der Waals surface area contributed by atoms with Crippen LogP contribution in [-0.4, -0.2) is 64.1 Å². The number of amides is 2. The predicted molar refractivity (Wildman–Crippen MR) is 67.3 cm³/mol. The quantitative estimate of drug-likeness (QED) is 0.402. The molecule has 1 unspecified atom stereocenters. The summed E-state index contributed by atoms with van der Waals surface area (Å²) in [5.74, 6) is -1.45. The van der Waals surface area contributed by atoms with Crippen molar-refractivity contribution in [3.63, 3.8) is 0 Å². The van der Waals surface area contributed by atoms with Gasteiger partial charge >= 0.3 is 12.0 Å². The van der Waals surface area contributed by atoms with Crippen LogP contribution >= 0.6 is 0 Å². The number of hydrogen-bond acceptors (Lipinski definition) is 5. The van der Waals surface area contributed by atoms with Crippen molar-refractivity contribution in [1.82, 2.24) is 15.4 Å². The summed E-state index contributed by atoms with van der Waals surface area (Å²) in [7, 11) is -2.18. The summed E-state index contributed by atoms with van der Waals surface area (Å²) in [6, 6.07) is -0.657. The van der Waals surface area contributed by atoms with E-state index in [0.29, 0.717) is 0 Å². The molecule has 10 heteroatoms. The zero-order valence-corrected chi connectivity index (χ0v) is 11.6. The largest absolute Gasteiger partial charge is 0.479 e. The van der Waals surface area contributed by atoms with Gasteiger partial charge in [-0.05, 0) is 0 Å². The zero-order valence-electron chi connectivity index (χ0n) is 10.8. The molecule has 0 saturated heterocycles. The van der Waals surface area contributed by atoms with Crippen LogP contribution in [0.2, 0.25) is 0 Å². The van der Waals surface area contributed by atoms with Gasteiger partial charge in [-0.2, -0.15) is 0 Å². The predicted octanol–water partition coefficient (Wildman–Crippen LogP) is -1.68. The van der Waals surface area contributed by atoms with E-state index in [0.717, 1.165) is 0 Å². The minimum atomic E-state index is -3.39. The molecule has 0 aromatic heterocycles. The molecule has 0 aliphatic rings. The summed E-state index contributed by atoms with van der Waals surface area (Å²) in [6.07, 6.45) is -1.14. The van der Waals surface area contributed by atoms with Crippen LogP contribution in [0.1, 0.15) is 6.92 Å². The first-order valence-electron chi connectivity index (χ1n) is 5.57. The van der Waals surface area contributed by atoms with Gasteiger partial charge in [-0.3, -0.25) is 0 Å². The molecule has 0 radical (unpaired) electrons. The average Bonchev–Trinajstić information content (AvgIpc) is 2.28. The average molecular weight is 297 g/mol. The lowest BCUT2D eigenvalue weighted by atomic mass is 10.3. The first-order valence-corrected chi connectivity index (χ1v) is 7.22. The number of urea groups is 1. The van der Waals surface area contributed by atoms with E-state index >= 15 is 0 Å². The molecule has 1 atom stereocenters. The number of carboxylic acid groups (broad SMARTS) is 1. The van der Waals surface area contributed by atoms with Crippen molar-refractivity contribution in [3.8, 4) is 0 Å². The molecule has 19 heavy (non-hydrogen) atoms. The van der Waals surface area contributed by atoms with Gasteiger partial charge in [0.05, 0.1) is 12.3 Å². The smallest absolute Gasteiger partial charge is 0.334 e. The summed E-state index contributed by atoms with van der Waals surface area (Å²) in [6.45, 7) is 1.64. The first kappa shape index (κ1) is 17.6. The Morgan fingerprint density at radius 1 is 1.32 bits per heavy atom. The molecular weight excluding hydrogens is 278 g/mol. The van der Waals surface area contributed by atoms with Crippen LogP contribution in [0.4, 0.5) is 4.79 Å². The van der Waals surface area contributed by atoms with E-state index in [1.54, 1.807) is 6.92 Å². The molecule has 2 amide bonds. The van der Waals surface area contributed by atoms with Crippen molar-refractivity contribution in [3.05, 3.63) is 0 Å². The Hall–Kier alpha value is -1.39. The van der Waals surface area contributed by atoms with E-state index < -0.39 is 28.1 Å². The van der Waals surface area contributed by atoms with Gasteiger partial charge in [0.25, 0.3) is 0 Å². The molecule has 112 valence electrons. The third kappa shape index (κ3) is 8.35. The Kier molecular flexibility index (Phi) is 8.03. The fourth-order valence-electron chi connectivity index (χ4n) is 1.11. The zero-order chi connectivity index (χ0) is 14.9. The molecule has 0 aromatic rings.